The molecule has 2 aromatic rings. The van der Waals surface area contributed by atoms with E-state index < -0.39 is 16.0 Å². The van der Waals surface area contributed by atoms with E-state index in [1.165, 1.54) is 31.4 Å². The van der Waals surface area contributed by atoms with E-state index in [1.807, 2.05) is 30.3 Å². The summed E-state index contributed by atoms with van der Waals surface area (Å²) in [6, 6.07) is 15.0. The smallest absolute Gasteiger partial charge is 0.343 e. The summed E-state index contributed by atoms with van der Waals surface area (Å²) in [6.07, 6.45) is 0. The molecule has 0 atom stereocenters. The summed E-state index contributed by atoms with van der Waals surface area (Å²) in [6.45, 7) is -0.0153. The molecular formula is C16H17NO5S. The second kappa shape index (κ2) is 7.75. The van der Waals surface area contributed by atoms with Gasteiger partial charge in [-0.15, -0.1) is 0 Å². The molecule has 0 aliphatic rings. The molecule has 0 aromatic heterocycles. The molecule has 7 heteroatoms. The first-order chi connectivity index (χ1) is 11.0. The molecule has 0 heterocycles. The lowest BCUT2D eigenvalue weighted by atomic mass is 10.2. The lowest BCUT2D eigenvalue weighted by Gasteiger charge is -2.08. The summed E-state index contributed by atoms with van der Waals surface area (Å²) in [7, 11) is -2.34. The van der Waals surface area contributed by atoms with E-state index in [4.69, 9.17) is 4.74 Å². The SMILES string of the molecule is COC(=O)COc1ccc(S(=O)(=O)NCc2ccccc2)cc1. The predicted molar refractivity (Wildman–Crippen MR) is 84.4 cm³/mol. The average molecular weight is 335 g/mol. The number of methoxy groups -OCH3 is 1. The van der Waals surface area contributed by atoms with Crippen LogP contribution in [0, 0.1) is 0 Å². The van der Waals surface area contributed by atoms with E-state index in [0.717, 1.165) is 5.56 Å². The summed E-state index contributed by atoms with van der Waals surface area (Å²) >= 11 is 0. The van der Waals surface area contributed by atoms with Crippen molar-refractivity contribution in [1.29, 1.82) is 0 Å². The normalized spacial score (nSPS) is 11.0. The highest BCUT2D eigenvalue weighted by atomic mass is 32.2. The number of hydrogen-bond donors (Lipinski definition) is 1. The number of benzene rings is 2. The fraction of sp³-hybridized carbons (Fsp3) is 0.188. The van der Waals surface area contributed by atoms with E-state index in [-0.39, 0.29) is 18.0 Å². The van der Waals surface area contributed by atoms with Gasteiger partial charge in [-0.2, -0.15) is 0 Å². The van der Waals surface area contributed by atoms with Crippen molar-refractivity contribution < 1.29 is 22.7 Å². The molecule has 2 aromatic carbocycles. The number of carbonyl (C=O) groups excluding carboxylic acids is 1. The largest absolute Gasteiger partial charge is 0.482 e. The van der Waals surface area contributed by atoms with E-state index >= 15 is 0 Å². The summed E-state index contributed by atoms with van der Waals surface area (Å²) in [5.41, 5.74) is 0.870. The number of sulfonamides is 1. The first kappa shape index (κ1) is 17.0. The summed E-state index contributed by atoms with van der Waals surface area (Å²) < 4.78 is 36.6. The van der Waals surface area contributed by atoms with Crippen molar-refractivity contribution in [2.75, 3.05) is 13.7 Å². The number of carbonyl (C=O) groups is 1. The van der Waals surface area contributed by atoms with Gasteiger partial charge in [0, 0.05) is 6.54 Å². The van der Waals surface area contributed by atoms with Crippen LogP contribution in [0.5, 0.6) is 5.75 Å². The predicted octanol–water partition coefficient (Wildman–Crippen LogP) is 1.72. The quantitative estimate of drug-likeness (QED) is 0.779. The van der Waals surface area contributed by atoms with Crippen molar-refractivity contribution in [3.05, 3.63) is 60.2 Å². The maximum Gasteiger partial charge on any atom is 0.343 e. The third-order valence-electron chi connectivity index (χ3n) is 3.03. The zero-order chi connectivity index (χ0) is 16.7. The minimum Gasteiger partial charge on any atom is -0.482 e. The van der Waals surface area contributed by atoms with Crippen LogP contribution in [0.1, 0.15) is 5.56 Å². The van der Waals surface area contributed by atoms with Gasteiger partial charge < -0.3 is 9.47 Å². The monoisotopic (exact) mass is 335 g/mol. The van der Waals surface area contributed by atoms with Crippen LogP contribution in [-0.4, -0.2) is 28.1 Å². The highest BCUT2D eigenvalue weighted by molar-refractivity contribution is 7.89. The van der Waals surface area contributed by atoms with Gasteiger partial charge in [0.2, 0.25) is 10.0 Å². The second-order valence-electron chi connectivity index (χ2n) is 4.65. The van der Waals surface area contributed by atoms with Crippen LogP contribution in [0.25, 0.3) is 0 Å². The van der Waals surface area contributed by atoms with Crippen LogP contribution < -0.4 is 9.46 Å². The highest BCUT2D eigenvalue weighted by Gasteiger charge is 2.13. The van der Waals surface area contributed by atoms with Gasteiger partial charge in [-0.3, -0.25) is 0 Å². The number of rotatable bonds is 7. The van der Waals surface area contributed by atoms with Gasteiger partial charge in [-0.25, -0.2) is 17.9 Å². The third kappa shape index (κ3) is 5.08. The zero-order valence-electron chi connectivity index (χ0n) is 12.6. The van der Waals surface area contributed by atoms with Crippen LogP contribution in [-0.2, 0) is 26.1 Å². The number of nitrogens with one attached hydrogen (secondary N) is 1. The average Bonchev–Trinajstić information content (AvgIpc) is 2.59. The van der Waals surface area contributed by atoms with E-state index in [0.29, 0.717) is 5.75 Å². The Morgan fingerprint density at radius 2 is 1.70 bits per heavy atom. The van der Waals surface area contributed by atoms with Crippen LogP contribution in [0.4, 0.5) is 0 Å². The molecular weight excluding hydrogens is 318 g/mol. The number of esters is 1. The summed E-state index contributed by atoms with van der Waals surface area (Å²) in [4.78, 5) is 11.1. The van der Waals surface area contributed by atoms with Crippen LogP contribution in [0.15, 0.2) is 59.5 Å². The maximum atomic E-state index is 12.2. The van der Waals surface area contributed by atoms with Crippen molar-refractivity contribution in [3.63, 3.8) is 0 Å². The van der Waals surface area contributed by atoms with E-state index in [2.05, 4.69) is 9.46 Å². The molecule has 23 heavy (non-hydrogen) atoms. The maximum absolute atomic E-state index is 12.2. The fourth-order valence-electron chi connectivity index (χ4n) is 1.77. The minimum absolute atomic E-state index is 0.124. The van der Waals surface area contributed by atoms with E-state index in [9.17, 15) is 13.2 Å². The molecule has 0 fully saturated rings. The lowest BCUT2D eigenvalue weighted by Crippen LogP contribution is -2.23. The topological polar surface area (TPSA) is 81.7 Å². The molecule has 0 unspecified atom stereocenters. The Labute approximate surface area is 135 Å². The second-order valence-corrected chi connectivity index (χ2v) is 6.41. The van der Waals surface area contributed by atoms with Gasteiger partial charge in [0.15, 0.2) is 6.61 Å². The standard InChI is InChI=1S/C16H17NO5S/c1-21-16(18)12-22-14-7-9-15(10-8-14)23(19,20)17-11-13-5-3-2-4-6-13/h2-10,17H,11-12H2,1H3. The molecule has 0 amide bonds. The Morgan fingerprint density at radius 1 is 1.04 bits per heavy atom. The molecule has 0 saturated heterocycles. The van der Waals surface area contributed by atoms with Crippen molar-refractivity contribution in [2.24, 2.45) is 0 Å². The summed E-state index contributed by atoms with van der Waals surface area (Å²) in [5.74, 6) is -0.122. The van der Waals surface area contributed by atoms with Crippen molar-refractivity contribution in [2.45, 2.75) is 11.4 Å². The molecule has 0 aliphatic heterocycles. The van der Waals surface area contributed by atoms with Crippen LogP contribution in [0.3, 0.4) is 0 Å². The third-order valence-corrected chi connectivity index (χ3v) is 4.44. The Bertz CT molecular complexity index is 742. The number of hydrogen-bond acceptors (Lipinski definition) is 5. The van der Waals surface area contributed by atoms with Crippen molar-refractivity contribution >= 4 is 16.0 Å². The minimum atomic E-state index is -3.61. The lowest BCUT2D eigenvalue weighted by molar-refractivity contribution is -0.142. The Balaban J connectivity index is 1.98. The van der Waals surface area contributed by atoms with Crippen LogP contribution >= 0.6 is 0 Å². The molecule has 2 rings (SSSR count). The fourth-order valence-corrected chi connectivity index (χ4v) is 2.79. The molecule has 0 aliphatic carbocycles. The van der Waals surface area contributed by atoms with E-state index in [1.54, 1.807) is 0 Å². The Hall–Kier alpha value is -2.38. The number of ether oxygens (including phenoxy) is 2. The van der Waals surface area contributed by atoms with Crippen molar-refractivity contribution in [1.82, 2.24) is 4.72 Å². The van der Waals surface area contributed by atoms with Gasteiger partial charge in [0.05, 0.1) is 12.0 Å². The zero-order valence-corrected chi connectivity index (χ0v) is 13.4. The van der Waals surface area contributed by atoms with Crippen LogP contribution in [0.2, 0.25) is 0 Å². The highest BCUT2D eigenvalue weighted by Crippen LogP contribution is 2.16. The molecule has 0 bridgehead atoms. The van der Waals surface area contributed by atoms with Gasteiger partial charge >= 0.3 is 5.97 Å². The molecule has 0 radical (unpaired) electrons. The van der Waals surface area contributed by atoms with Crippen molar-refractivity contribution in [3.8, 4) is 5.75 Å². The molecule has 0 saturated carbocycles. The van der Waals surface area contributed by atoms with Gasteiger partial charge in [0.25, 0.3) is 0 Å². The molecule has 1 N–H and O–H groups in total. The summed E-state index contributed by atoms with van der Waals surface area (Å²) in [5, 5.41) is 0. The Kier molecular flexibility index (Phi) is 5.72. The Morgan fingerprint density at radius 3 is 2.30 bits per heavy atom. The van der Waals surface area contributed by atoms with Gasteiger partial charge in [-0.1, -0.05) is 30.3 Å². The van der Waals surface area contributed by atoms with Gasteiger partial charge in [-0.05, 0) is 29.8 Å². The first-order valence-corrected chi connectivity index (χ1v) is 8.33. The molecule has 6 nitrogen and oxygen atoms in total. The first-order valence-electron chi connectivity index (χ1n) is 6.84. The molecule has 0 spiro atoms. The van der Waals surface area contributed by atoms with Gasteiger partial charge in [0.1, 0.15) is 5.75 Å². The molecule has 122 valence electrons.